The largest absolute Gasteiger partial charge is 0.459 e. The zero-order valence-corrected chi connectivity index (χ0v) is 11.4. The van der Waals surface area contributed by atoms with Crippen LogP contribution in [0.25, 0.3) is 0 Å². The van der Waals surface area contributed by atoms with E-state index in [0.29, 0.717) is 6.42 Å². The second-order valence-corrected chi connectivity index (χ2v) is 5.24. The summed E-state index contributed by atoms with van der Waals surface area (Å²) in [6, 6.07) is 5.25. The third-order valence-corrected chi connectivity index (χ3v) is 2.44. The van der Waals surface area contributed by atoms with Gasteiger partial charge in [-0.15, -0.1) is 0 Å². The number of carbonyl (C=O) groups is 1. The van der Waals surface area contributed by atoms with Crippen LogP contribution >= 0.6 is 11.8 Å². The standard InChI is InChI=1S/C13H17ClFNO2/c1-13(2,3)18-12(17)11(16-14)8-9-4-6-10(15)7-5-9/h4-7,11,16H,8H2,1-3H3/t11-/m0/s1. The van der Waals surface area contributed by atoms with E-state index < -0.39 is 17.6 Å². The van der Waals surface area contributed by atoms with Crippen LogP contribution in [0.4, 0.5) is 4.39 Å². The second kappa shape index (κ2) is 6.16. The Balaban J connectivity index is 2.67. The molecule has 0 radical (unpaired) electrons. The number of nitrogens with one attached hydrogen (secondary N) is 1. The highest BCUT2D eigenvalue weighted by Crippen LogP contribution is 2.12. The van der Waals surface area contributed by atoms with Gasteiger partial charge in [-0.2, -0.15) is 0 Å². The van der Waals surface area contributed by atoms with Gasteiger partial charge in [0.05, 0.1) is 0 Å². The Bertz CT molecular complexity index is 400. The van der Waals surface area contributed by atoms with E-state index in [4.69, 9.17) is 16.5 Å². The molecule has 1 N–H and O–H groups in total. The molecule has 0 amide bonds. The first-order valence-corrected chi connectivity index (χ1v) is 6.03. The Morgan fingerprint density at radius 3 is 2.39 bits per heavy atom. The van der Waals surface area contributed by atoms with E-state index in [1.54, 1.807) is 32.9 Å². The third kappa shape index (κ3) is 5.02. The van der Waals surface area contributed by atoms with Gasteiger partial charge in [-0.25, -0.2) is 9.23 Å². The normalized spacial score (nSPS) is 13.2. The third-order valence-electron chi connectivity index (χ3n) is 2.18. The van der Waals surface area contributed by atoms with Gasteiger partial charge >= 0.3 is 5.97 Å². The van der Waals surface area contributed by atoms with Crippen molar-refractivity contribution in [1.82, 2.24) is 4.84 Å². The first kappa shape index (κ1) is 14.9. The highest BCUT2D eigenvalue weighted by atomic mass is 35.5. The number of rotatable bonds is 4. The predicted octanol–water partition coefficient (Wildman–Crippen LogP) is 2.82. The maximum Gasteiger partial charge on any atom is 0.325 e. The van der Waals surface area contributed by atoms with E-state index >= 15 is 0 Å². The topological polar surface area (TPSA) is 38.3 Å². The van der Waals surface area contributed by atoms with Crippen LogP contribution in [0.3, 0.4) is 0 Å². The van der Waals surface area contributed by atoms with Gasteiger partial charge < -0.3 is 4.74 Å². The Morgan fingerprint density at radius 2 is 1.94 bits per heavy atom. The number of hydrogen-bond donors (Lipinski definition) is 1. The average Bonchev–Trinajstić information content (AvgIpc) is 2.25. The predicted molar refractivity (Wildman–Crippen MR) is 68.7 cm³/mol. The summed E-state index contributed by atoms with van der Waals surface area (Å²) in [4.78, 5) is 14.2. The number of carbonyl (C=O) groups excluding carboxylic acids is 1. The second-order valence-electron chi connectivity index (χ2n) is 5.03. The Labute approximate surface area is 111 Å². The fourth-order valence-corrected chi connectivity index (χ4v) is 1.56. The number of esters is 1. The van der Waals surface area contributed by atoms with Gasteiger partial charge in [-0.05, 0) is 56.7 Å². The van der Waals surface area contributed by atoms with Crippen molar-refractivity contribution in [3.05, 3.63) is 35.6 Å². The Morgan fingerprint density at radius 1 is 1.39 bits per heavy atom. The summed E-state index contributed by atoms with van der Waals surface area (Å²) in [6.45, 7) is 5.36. The number of ether oxygens (including phenoxy) is 1. The minimum atomic E-state index is -0.656. The van der Waals surface area contributed by atoms with Gasteiger partial charge in [0, 0.05) is 0 Å². The molecule has 0 aliphatic carbocycles. The lowest BCUT2D eigenvalue weighted by atomic mass is 10.1. The van der Waals surface area contributed by atoms with Gasteiger partial charge in [0.1, 0.15) is 17.5 Å². The molecule has 5 heteroatoms. The van der Waals surface area contributed by atoms with Crippen molar-refractivity contribution in [2.45, 2.75) is 38.8 Å². The molecule has 1 aromatic rings. The van der Waals surface area contributed by atoms with E-state index in [0.717, 1.165) is 5.56 Å². The van der Waals surface area contributed by atoms with Crippen LogP contribution in [0.1, 0.15) is 26.3 Å². The van der Waals surface area contributed by atoms with Gasteiger partial charge in [0.15, 0.2) is 0 Å². The summed E-state index contributed by atoms with van der Waals surface area (Å²) >= 11 is 5.55. The monoisotopic (exact) mass is 273 g/mol. The maximum atomic E-state index is 12.8. The van der Waals surface area contributed by atoms with E-state index in [1.807, 2.05) is 0 Å². The summed E-state index contributed by atoms with van der Waals surface area (Å²) in [5.74, 6) is -0.742. The SMILES string of the molecule is CC(C)(C)OC(=O)[C@H](Cc1ccc(F)cc1)NCl. The fraction of sp³-hybridized carbons (Fsp3) is 0.462. The molecule has 1 atom stereocenters. The van der Waals surface area contributed by atoms with Crippen LogP contribution < -0.4 is 4.84 Å². The lowest BCUT2D eigenvalue weighted by molar-refractivity contribution is -0.156. The van der Waals surface area contributed by atoms with Crippen LogP contribution in [-0.4, -0.2) is 17.6 Å². The Kier molecular flexibility index (Phi) is 5.11. The average molecular weight is 274 g/mol. The molecule has 0 aliphatic rings. The molecule has 0 saturated heterocycles. The maximum absolute atomic E-state index is 12.8. The molecular weight excluding hydrogens is 257 g/mol. The first-order chi connectivity index (χ1) is 8.31. The molecule has 0 bridgehead atoms. The molecule has 0 heterocycles. The quantitative estimate of drug-likeness (QED) is 0.677. The molecule has 1 aromatic carbocycles. The number of benzene rings is 1. The van der Waals surface area contributed by atoms with Crippen LogP contribution in [0, 0.1) is 5.82 Å². The van der Waals surface area contributed by atoms with Gasteiger partial charge in [-0.3, -0.25) is 4.79 Å². The summed E-state index contributed by atoms with van der Waals surface area (Å²) in [7, 11) is 0. The van der Waals surface area contributed by atoms with Crippen LogP contribution in [0.15, 0.2) is 24.3 Å². The number of halogens is 2. The van der Waals surface area contributed by atoms with Crippen LogP contribution in [0.2, 0.25) is 0 Å². The minimum absolute atomic E-state index is 0.314. The lowest BCUT2D eigenvalue weighted by Crippen LogP contribution is -2.39. The van der Waals surface area contributed by atoms with E-state index in [1.165, 1.54) is 12.1 Å². The van der Waals surface area contributed by atoms with Gasteiger partial charge in [0.2, 0.25) is 0 Å². The smallest absolute Gasteiger partial charge is 0.325 e. The van der Waals surface area contributed by atoms with Crippen LogP contribution in [-0.2, 0) is 16.0 Å². The highest BCUT2D eigenvalue weighted by molar-refractivity contribution is 6.14. The van der Waals surface area contributed by atoms with Crippen molar-refractivity contribution < 1.29 is 13.9 Å². The Hall–Kier alpha value is -1.13. The summed E-state index contributed by atoms with van der Waals surface area (Å²) in [5.41, 5.74) is 0.242. The molecule has 0 unspecified atom stereocenters. The summed E-state index contributed by atoms with van der Waals surface area (Å²) < 4.78 is 18.0. The van der Waals surface area contributed by atoms with Gasteiger partial charge in [-0.1, -0.05) is 12.1 Å². The van der Waals surface area contributed by atoms with Crippen molar-refractivity contribution in [2.24, 2.45) is 0 Å². The van der Waals surface area contributed by atoms with Gasteiger partial charge in [0.25, 0.3) is 0 Å². The summed E-state index contributed by atoms with van der Waals surface area (Å²) in [6.07, 6.45) is 0.346. The van der Waals surface area contributed by atoms with Crippen molar-refractivity contribution in [1.29, 1.82) is 0 Å². The van der Waals surface area contributed by atoms with Crippen molar-refractivity contribution in [2.75, 3.05) is 0 Å². The molecule has 0 spiro atoms. The van der Waals surface area contributed by atoms with E-state index in [9.17, 15) is 9.18 Å². The molecular formula is C13H17ClFNO2. The van der Waals surface area contributed by atoms with E-state index in [2.05, 4.69) is 4.84 Å². The van der Waals surface area contributed by atoms with Crippen molar-refractivity contribution >= 4 is 17.7 Å². The zero-order chi connectivity index (χ0) is 13.8. The van der Waals surface area contributed by atoms with Crippen LogP contribution in [0.5, 0.6) is 0 Å². The molecule has 100 valence electrons. The minimum Gasteiger partial charge on any atom is -0.459 e. The van der Waals surface area contributed by atoms with E-state index in [-0.39, 0.29) is 5.82 Å². The van der Waals surface area contributed by atoms with Crippen molar-refractivity contribution in [3.8, 4) is 0 Å². The fourth-order valence-electron chi connectivity index (χ4n) is 1.40. The lowest BCUT2D eigenvalue weighted by Gasteiger charge is -2.23. The number of hydrogen-bond acceptors (Lipinski definition) is 3. The molecule has 0 aromatic heterocycles. The highest BCUT2D eigenvalue weighted by Gasteiger charge is 2.24. The molecule has 3 nitrogen and oxygen atoms in total. The zero-order valence-electron chi connectivity index (χ0n) is 10.7. The molecule has 18 heavy (non-hydrogen) atoms. The molecule has 0 aliphatic heterocycles. The molecule has 1 rings (SSSR count). The molecule has 0 saturated carbocycles. The molecule has 0 fully saturated rings. The van der Waals surface area contributed by atoms with Crippen molar-refractivity contribution in [3.63, 3.8) is 0 Å². The summed E-state index contributed by atoms with van der Waals surface area (Å²) in [5, 5.41) is 0. The first-order valence-electron chi connectivity index (χ1n) is 5.65.